The van der Waals surface area contributed by atoms with Crippen molar-refractivity contribution in [3.05, 3.63) is 47.7 Å². The molecule has 0 saturated carbocycles. The quantitative estimate of drug-likeness (QED) is 0.821. The standard InChI is InChI=1S/C9H10F2.C6H9NO/c1-6(2)7-3-8(10)5-9(11)4-7;1-5-3-2-4-6(8)7-5/h3-6H,1-2H3;1-4H2,(H,7,8). The van der Waals surface area contributed by atoms with E-state index >= 15 is 0 Å². The molecule has 4 heteroatoms. The number of carbonyl (C=O) groups is 1. The molecule has 0 atom stereocenters. The summed E-state index contributed by atoms with van der Waals surface area (Å²) in [6, 6.07) is 3.59. The minimum absolute atomic E-state index is 0.112. The molecule has 0 radical (unpaired) electrons. The number of benzene rings is 1. The van der Waals surface area contributed by atoms with Crippen molar-refractivity contribution in [2.45, 2.75) is 39.0 Å². The monoisotopic (exact) mass is 267 g/mol. The molecule has 0 unspecified atom stereocenters. The molecule has 2 nitrogen and oxygen atoms in total. The van der Waals surface area contributed by atoms with E-state index in [2.05, 4.69) is 11.9 Å². The van der Waals surface area contributed by atoms with E-state index in [1.165, 1.54) is 12.1 Å². The van der Waals surface area contributed by atoms with Gasteiger partial charge in [-0.2, -0.15) is 0 Å². The number of piperidine rings is 1. The van der Waals surface area contributed by atoms with Crippen LogP contribution < -0.4 is 5.32 Å². The SMILES string of the molecule is C=C1CCCC(=O)N1.CC(C)c1cc(F)cc(F)c1. The zero-order valence-corrected chi connectivity index (χ0v) is 11.3. The number of nitrogens with one attached hydrogen (secondary N) is 1. The molecular weight excluding hydrogens is 248 g/mol. The van der Waals surface area contributed by atoms with Gasteiger partial charge in [-0.05, 0) is 36.5 Å². The molecule has 1 fully saturated rings. The first-order valence-electron chi connectivity index (χ1n) is 6.32. The van der Waals surface area contributed by atoms with E-state index in [0.29, 0.717) is 12.0 Å². The normalized spacial score (nSPS) is 14.8. The highest BCUT2D eigenvalue weighted by molar-refractivity contribution is 5.78. The molecule has 104 valence electrons. The van der Waals surface area contributed by atoms with Crippen LogP contribution in [-0.4, -0.2) is 5.91 Å². The smallest absolute Gasteiger partial charge is 0.224 e. The van der Waals surface area contributed by atoms with Crippen LogP contribution in [0.2, 0.25) is 0 Å². The van der Waals surface area contributed by atoms with Crippen LogP contribution in [-0.2, 0) is 4.79 Å². The van der Waals surface area contributed by atoms with E-state index in [1.54, 1.807) is 0 Å². The van der Waals surface area contributed by atoms with Gasteiger partial charge in [0.25, 0.3) is 0 Å². The summed E-state index contributed by atoms with van der Waals surface area (Å²) in [6.45, 7) is 7.43. The van der Waals surface area contributed by atoms with Gasteiger partial charge in [-0.25, -0.2) is 8.78 Å². The van der Waals surface area contributed by atoms with Gasteiger partial charge in [0.05, 0.1) is 0 Å². The minimum atomic E-state index is -0.506. The maximum Gasteiger partial charge on any atom is 0.224 e. The van der Waals surface area contributed by atoms with Crippen molar-refractivity contribution in [3.8, 4) is 0 Å². The van der Waals surface area contributed by atoms with Crippen molar-refractivity contribution < 1.29 is 13.6 Å². The van der Waals surface area contributed by atoms with Crippen molar-refractivity contribution in [3.63, 3.8) is 0 Å². The first-order valence-corrected chi connectivity index (χ1v) is 6.32. The lowest BCUT2D eigenvalue weighted by Crippen LogP contribution is -2.25. The fourth-order valence-corrected chi connectivity index (χ4v) is 1.69. The van der Waals surface area contributed by atoms with Crippen LogP contribution >= 0.6 is 0 Å². The topological polar surface area (TPSA) is 29.1 Å². The van der Waals surface area contributed by atoms with Gasteiger partial charge in [-0.15, -0.1) is 0 Å². The molecule has 0 spiro atoms. The molecule has 1 N–H and O–H groups in total. The Balaban J connectivity index is 0.000000200. The fourth-order valence-electron chi connectivity index (χ4n) is 1.69. The summed E-state index contributed by atoms with van der Waals surface area (Å²) in [7, 11) is 0. The molecule has 2 rings (SSSR count). The van der Waals surface area contributed by atoms with Crippen molar-refractivity contribution in [1.29, 1.82) is 0 Å². The molecule has 0 bridgehead atoms. The van der Waals surface area contributed by atoms with Gasteiger partial charge in [0, 0.05) is 18.2 Å². The zero-order valence-electron chi connectivity index (χ0n) is 11.3. The van der Waals surface area contributed by atoms with Gasteiger partial charge < -0.3 is 5.32 Å². The number of hydrogen-bond acceptors (Lipinski definition) is 1. The van der Waals surface area contributed by atoms with E-state index in [4.69, 9.17) is 0 Å². The second-order valence-corrected chi connectivity index (χ2v) is 4.86. The third-order valence-electron chi connectivity index (χ3n) is 2.75. The number of halogens is 2. The lowest BCUT2D eigenvalue weighted by molar-refractivity contribution is -0.121. The maximum absolute atomic E-state index is 12.5. The molecule has 0 aromatic heterocycles. The Kier molecular flexibility index (Phi) is 5.67. The molecule has 1 aliphatic rings. The lowest BCUT2D eigenvalue weighted by atomic mass is 10.0. The summed E-state index contributed by atoms with van der Waals surface area (Å²) < 4.78 is 25.1. The third-order valence-corrected chi connectivity index (χ3v) is 2.75. The first kappa shape index (κ1) is 15.3. The second kappa shape index (κ2) is 7.02. The summed E-state index contributed by atoms with van der Waals surface area (Å²) in [5, 5.41) is 2.65. The van der Waals surface area contributed by atoms with E-state index < -0.39 is 11.6 Å². The highest BCUT2D eigenvalue weighted by Gasteiger charge is 2.08. The van der Waals surface area contributed by atoms with Crippen molar-refractivity contribution in [2.75, 3.05) is 0 Å². The van der Waals surface area contributed by atoms with Crippen molar-refractivity contribution >= 4 is 5.91 Å². The molecule has 1 amide bonds. The summed E-state index contributed by atoms with van der Waals surface area (Å²) in [5.41, 5.74) is 1.56. The number of carbonyl (C=O) groups excluding carboxylic acids is 1. The van der Waals surface area contributed by atoms with Crippen LogP contribution in [0, 0.1) is 11.6 Å². The van der Waals surface area contributed by atoms with E-state index in [1.807, 2.05) is 13.8 Å². The molecule has 1 aromatic carbocycles. The number of rotatable bonds is 1. The summed E-state index contributed by atoms with van der Waals surface area (Å²) in [5.74, 6) is -0.733. The first-order chi connectivity index (χ1) is 8.88. The van der Waals surface area contributed by atoms with Crippen LogP contribution in [0.15, 0.2) is 30.5 Å². The summed E-state index contributed by atoms with van der Waals surface area (Å²) in [6.07, 6.45) is 2.58. The number of allylic oxidation sites excluding steroid dienone is 1. The predicted molar refractivity (Wildman–Crippen MR) is 71.6 cm³/mol. The third kappa shape index (κ3) is 5.64. The highest BCUT2D eigenvalue weighted by atomic mass is 19.1. The Morgan fingerprint density at radius 2 is 1.74 bits per heavy atom. The predicted octanol–water partition coefficient (Wildman–Crippen LogP) is 3.89. The minimum Gasteiger partial charge on any atom is -0.330 e. The van der Waals surface area contributed by atoms with Crippen LogP contribution in [0.3, 0.4) is 0 Å². The van der Waals surface area contributed by atoms with Crippen LogP contribution in [0.4, 0.5) is 8.78 Å². The van der Waals surface area contributed by atoms with Crippen LogP contribution in [0.1, 0.15) is 44.6 Å². The van der Waals surface area contributed by atoms with Crippen molar-refractivity contribution in [1.82, 2.24) is 5.32 Å². The van der Waals surface area contributed by atoms with Gasteiger partial charge in [0.2, 0.25) is 5.91 Å². The fraction of sp³-hybridized carbons (Fsp3) is 0.400. The summed E-state index contributed by atoms with van der Waals surface area (Å²) in [4.78, 5) is 10.5. The molecule has 1 saturated heterocycles. The molecule has 1 heterocycles. The largest absolute Gasteiger partial charge is 0.330 e. The van der Waals surface area contributed by atoms with Crippen LogP contribution in [0.25, 0.3) is 0 Å². The molecule has 0 aliphatic carbocycles. The molecular formula is C15H19F2NO. The van der Waals surface area contributed by atoms with Gasteiger partial charge in [0.15, 0.2) is 0 Å². The van der Waals surface area contributed by atoms with Gasteiger partial charge in [-0.3, -0.25) is 4.79 Å². The Morgan fingerprint density at radius 3 is 2.11 bits per heavy atom. The van der Waals surface area contributed by atoms with E-state index in [9.17, 15) is 13.6 Å². The lowest BCUT2D eigenvalue weighted by Gasteiger charge is -2.12. The summed E-state index contributed by atoms with van der Waals surface area (Å²) >= 11 is 0. The van der Waals surface area contributed by atoms with Crippen LogP contribution in [0.5, 0.6) is 0 Å². The molecule has 19 heavy (non-hydrogen) atoms. The van der Waals surface area contributed by atoms with Crippen molar-refractivity contribution in [2.24, 2.45) is 0 Å². The van der Waals surface area contributed by atoms with Gasteiger partial charge >= 0.3 is 0 Å². The Hall–Kier alpha value is -1.71. The average Bonchev–Trinajstić information content (AvgIpc) is 2.28. The second-order valence-electron chi connectivity index (χ2n) is 4.86. The highest BCUT2D eigenvalue weighted by Crippen LogP contribution is 2.16. The Labute approximate surface area is 112 Å². The number of hydrogen-bond donors (Lipinski definition) is 1. The van der Waals surface area contributed by atoms with E-state index in [-0.39, 0.29) is 11.8 Å². The Bertz CT molecular complexity index is 435. The Morgan fingerprint density at radius 1 is 1.16 bits per heavy atom. The maximum atomic E-state index is 12.5. The zero-order chi connectivity index (χ0) is 14.4. The number of amides is 1. The average molecular weight is 267 g/mol. The van der Waals surface area contributed by atoms with E-state index in [0.717, 1.165) is 24.6 Å². The molecule has 1 aliphatic heterocycles. The molecule has 1 aromatic rings. The van der Waals surface area contributed by atoms with Gasteiger partial charge in [0.1, 0.15) is 11.6 Å². The van der Waals surface area contributed by atoms with Gasteiger partial charge in [-0.1, -0.05) is 20.4 Å².